The molecule has 3 rings (SSSR count). The number of rotatable bonds is 5. The van der Waals surface area contributed by atoms with Crippen LogP contribution in [0.3, 0.4) is 0 Å². The molecule has 0 aliphatic heterocycles. The van der Waals surface area contributed by atoms with Gasteiger partial charge in [0, 0.05) is 0 Å². The van der Waals surface area contributed by atoms with Crippen LogP contribution in [0.4, 0.5) is 30.4 Å². The fourth-order valence-electron chi connectivity index (χ4n) is 2.28. The van der Waals surface area contributed by atoms with Gasteiger partial charge in [0.2, 0.25) is 5.88 Å². The number of hydrogen-bond acceptors (Lipinski definition) is 6. The van der Waals surface area contributed by atoms with Gasteiger partial charge in [0.05, 0.1) is 18.4 Å². The first-order valence-corrected chi connectivity index (χ1v) is 7.74. The molecule has 0 unspecified atom stereocenters. The molecular weight excluding hydrogens is 361 g/mol. The van der Waals surface area contributed by atoms with Crippen molar-refractivity contribution < 1.29 is 22.6 Å². The van der Waals surface area contributed by atoms with Gasteiger partial charge in [-0.2, -0.15) is 18.2 Å². The third kappa shape index (κ3) is 4.20. The van der Waals surface area contributed by atoms with Crippen molar-refractivity contribution in [2.75, 3.05) is 18.2 Å². The zero-order chi connectivity index (χ0) is 19.4. The van der Waals surface area contributed by atoms with Crippen LogP contribution in [0.2, 0.25) is 0 Å². The smallest absolute Gasteiger partial charge is 0.418 e. The number of aromatic nitrogens is 2. The summed E-state index contributed by atoms with van der Waals surface area (Å²) in [5, 5.41) is 2.60. The number of anilines is 3. The molecule has 0 saturated heterocycles. The van der Waals surface area contributed by atoms with Crippen LogP contribution >= 0.6 is 0 Å². The second-order valence-electron chi connectivity index (χ2n) is 5.39. The van der Waals surface area contributed by atoms with Crippen LogP contribution in [0.15, 0.2) is 54.9 Å². The Balaban J connectivity index is 1.87. The molecule has 1 heterocycles. The second-order valence-corrected chi connectivity index (χ2v) is 5.39. The SMILES string of the molecule is COc1ccc(Oc2ncnc(Nc3ccccc3C(F)(F)F)c2N)cc1. The number of nitrogens with zero attached hydrogens (tertiary/aromatic N) is 2. The average molecular weight is 376 g/mol. The minimum absolute atomic E-state index is 0.00483. The first kappa shape index (κ1) is 18.3. The largest absolute Gasteiger partial charge is 0.497 e. The third-order valence-corrected chi connectivity index (χ3v) is 3.61. The summed E-state index contributed by atoms with van der Waals surface area (Å²) < 4.78 is 50.1. The van der Waals surface area contributed by atoms with Gasteiger partial charge >= 0.3 is 6.18 Å². The summed E-state index contributed by atoms with van der Waals surface area (Å²) in [5.74, 6) is 1.10. The standard InChI is InChI=1S/C18H15F3N4O2/c1-26-11-6-8-12(9-7-11)27-17-15(22)16(23-10-24-17)25-14-5-3-2-4-13(14)18(19,20)21/h2-10H,22H2,1H3,(H,23,24,25). The van der Waals surface area contributed by atoms with Gasteiger partial charge in [0.1, 0.15) is 23.5 Å². The summed E-state index contributed by atoms with van der Waals surface area (Å²) in [6.45, 7) is 0. The third-order valence-electron chi connectivity index (χ3n) is 3.61. The summed E-state index contributed by atoms with van der Waals surface area (Å²) in [5.41, 5.74) is 4.94. The molecule has 0 amide bonds. The van der Waals surface area contributed by atoms with Crippen LogP contribution in [-0.2, 0) is 6.18 Å². The summed E-state index contributed by atoms with van der Waals surface area (Å²) in [6, 6.07) is 11.7. The molecule has 3 aromatic rings. The fraction of sp³-hybridized carbons (Fsp3) is 0.111. The molecule has 0 saturated carbocycles. The number of nitrogens with one attached hydrogen (secondary N) is 1. The Labute approximate surface area is 152 Å². The van der Waals surface area contributed by atoms with Crippen LogP contribution in [-0.4, -0.2) is 17.1 Å². The predicted octanol–water partition coefficient (Wildman–Crippen LogP) is 4.62. The number of para-hydroxylation sites is 1. The Hall–Kier alpha value is -3.49. The zero-order valence-corrected chi connectivity index (χ0v) is 14.1. The summed E-state index contributed by atoms with van der Waals surface area (Å²) in [6.07, 6.45) is -3.37. The van der Waals surface area contributed by atoms with Crippen molar-refractivity contribution in [3.63, 3.8) is 0 Å². The molecular formula is C18H15F3N4O2. The first-order valence-electron chi connectivity index (χ1n) is 7.74. The normalized spacial score (nSPS) is 11.1. The van der Waals surface area contributed by atoms with Gasteiger partial charge < -0.3 is 20.5 Å². The van der Waals surface area contributed by atoms with Gasteiger partial charge in [0.25, 0.3) is 0 Å². The molecule has 0 bridgehead atoms. The lowest BCUT2D eigenvalue weighted by molar-refractivity contribution is -0.136. The summed E-state index contributed by atoms with van der Waals surface area (Å²) in [7, 11) is 1.54. The molecule has 0 radical (unpaired) electrons. The lowest BCUT2D eigenvalue weighted by Crippen LogP contribution is -2.10. The van der Waals surface area contributed by atoms with E-state index >= 15 is 0 Å². The Morgan fingerprint density at radius 2 is 1.63 bits per heavy atom. The number of hydrogen-bond donors (Lipinski definition) is 2. The van der Waals surface area contributed by atoms with Crippen LogP contribution in [0, 0.1) is 0 Å². The molecule has 0 atom stereocenters. The van der Waals surface area contributed by atoms with Gasteiger partial charge in [-0.1, -0.05) is 12.1 Å². The fourth-order valence-corrected chi connectivity index (χ4v) is 2.28. The topological polar surface area (TPSA) is 82.3 Å². The highest BCUT2D eigenvalue weighted by Crippen LogP contribution is 2.37. The molecule has 0 aliphatic carbocycles. The summed E-state index contributed by atoms with van der Waals surface area (Å²) >= 11 is 0. The number of nitrogens with two attached hydrogens (primary N) is 1. The van der Waals surface area contributed by atoms with Gasteiger partial charge in [-0.25, -0.2) is 4.98 Å². The van der Waals surface area contributed by atoms with E-state index in [2.05, 4.69) is 15.3 Å². The van der Waals surface area contributed by atoms with E-state index in [4.69, 9.17) is 15.2 Å². The Morgan fingerprint density at radius 3 is 2.30 bits per heavy atom. The molecule has 1 aromatic heterocycles. The molecule has 2 aromatic carbocycles. The summed E-state index contributed by atoms with van der Waals surface area (Å²) in [4.78, 5) is 7.85. The van der Waals surface area contributed by atoms with Crippen LogP contribution in [0.25, 0.3) is 0 Å². The number of halogens is 3. The van der Waals surface area contributed by atoms with E-state index in [1.54, 1.807) is 24.3 Å². The van der Waals surface area contributed by atoms with Crippen molar-refractivity contribution >= 4 is 17.2 Å². The van der Waals surface area contributed by atoms with Crippen molar-refractivity contribution in [2.45, 2.75) is 6.18 Å². The van der Waals surface area contributed by atoms with Crippen LogP contribution in [0.1, 0.15) is 5.56 Å². The highest BCUT2D eigenvalue weighted by atomic mass is 19.4. The van der Waals surface area contributed by atoms with E-state index in [0.717, 1.165) is 12.4 Å². The van der Waals surface area contributed by atoms with Gasteiger partial charge in [0.15, 0.2) is 5.82 Å². The second kappa shape index (κ2) is 7.40. The first-order chi connectivity index (χ1) is 12.9. The average Bonchev–Trinajstić information content (AvgIpc) is 2.65. The number of methoxy groups -OCH3 is 1. The maximum atomic E-state index is 13.1. The molecule has 27 heavy (non-hydrogen) atoms. The minimum atomic E-state index is -4.52. The van der Waals surface area contributed by atoms with Crippen molar-refractivity contribution in [3.8, 4) is 17.4 Å². The quantitative estimate of drug-likeness (QED) is 0.676. The number of alkyl halides is 3. The molecule has 0 aliphatic rings. The van der Waals surface area contributed by atoms with E-state index in [9.17, 15) is 13.2 Å². The van der Waals surface area contributed by atoms with Crippen LogP contribution in [0.5, 0.6) is 17.4 Å². The molecule has 0 fully saturated rings. The number of ether oxygens (including phenoxy) is 2. The minimum Gasteiger partial charge on any atom is -0.497 e. The van der Waals surface area contributed by atoms with Crippen molar-refractivity contribution in [3.05, 3.63) is 60.4 Å². The maximum Gasteiger partial charge on any atom is 0.418 e. The highest BCUT2D eigenvalue weighted by molar-refractivity contribution is 5.74. The van der Waals surface area contributed by atoms with Crippen molar-refractivity contribution in [2.24, 2.45) is 0 Å². The Kier molecular flexibility index (Phi) is 5.02. The van der Waals surface area contributed by atoms with E-state index < -0.39 is 11.7 Å². The highest BCUT2D eigenvalue weighted by Gasteiger charge is 2.33. The molecule has 0 spiro atoms. The molecule has 9 heteroatoms. The zero-order valence-electron chi connectivity index (χ0n) is 14.1. The van der Waals surface area contributed by atoms with E-state index in [0.29, 0.717) is 11.5 Å². The van der Waals surface area contributed by atoms with Crippen molar-refractivity contribution in [1.82, 2.24) is 9.97 Å². The molecule has 6 nitrogen and oxygen atoms in total. The Morgan fingerprint density at radius 1 is 0.963 bits per heavy atom. The van der Waals surface area contributed by atoms with E-state index in [-0.39, 0.29) is 23.1 Å². The van der Waals surface area contributed by atoms with Gasteiger partial charge in [-0.05, 0) is 36.4 Å². The predicted molar refractivity (Wildman–Crippen MR) is 94.2 cm³/mol. The van der Waals surface area contributed by atoms with Gasteiger partial charge in [-0.3, -0.25) is 0 Å². The number of nitrogen functional groups attached to an aromatic ring is 1. The van der Waals surface area contributed by atoms with Crippen LogP contribution < -0.4 is 20.5 Å². The molecule has 140 valence electrons. The van der Waals surface area contributed by atoms with Crippen molar-refractivity contribution in [1.29, 1.82) is 0 Å². The monoisotopic (exact) mass is 376 g/mol. The Bertz CT molecular complexity index is 931. The molecule has 3 N–H and O–H groups in total. The lowest BCUT2D eigenvalue weighted by atomic mass is 10.1. The van der Waals surface area contributed by atoms with E-state index in [1.807, 2.05) is 0 Å². The van der Waals surface area contributed by atoms with Gasteiger partial charge in [-0.15, -0.1) is 0 Å². The lowest BCUT2D eigenvalue weighted by Gasteiger charge is -2.15. The maximum absolute atomic E-state index is 13.1. The van der Waals surface area contributed by atoms with E-state index in [1.165, 1.54) is 25.3 Å². The number of benzene rings is 2.